The topological polar surface area (TPSA) is 214 Å². The van der Waals surface area contributed by atoms with Gasteiger partial charge in [0, 0.05) is 82.5 Å². The number of primary amides is 1. The van der Waals surface area contributed by atoms with E-state index in [1.165, 1.54) is 0 Å². The second-order valence-corrected chi connectivity index (χ2v) is 16.7. The van der Waals surface area contributed by atoms with E-state index in [0.717, 1.165) is 87.8 Å². The number of aliphatic hydroxyl groups is 1. The van der Waals surface area contributed by atoms with Crippen molar-refractivity contribution in [2.75, 3.05) is 81.1 Å². The van der Waals surface area contributed by atoms with Gasteiger partial charge in [0.05, 0.1) is 41.3 Å². The summed E-state index contributed by atoms with van der Waals surface area (Å²) in [4.78, 5) is 88.7. The number of aromatic nitrogens is 3. The Morgan fingerprint density at radius 2 is 1.69 bits per heavy atom. The van der Waals surface area contributed by atoms with Crippen molar-refractivity contribution in [2.24, 2.45) is 11.7 Å². The second kappa shape index (κ2) is 15.7. The van der Waals surface area contributed by atoms with E-state index in [9.17, 15) is 29.1 Å². The van der Waals surface area contributed by atoms with E-state index in [0.29, 0.717) is 47.6 Å². The van der Waals surface area contributed by atoms with E-state index in [-0.39, 0.29) is 42.3 Å². The number of likely N-dealkylation sites (N-methyl/N-ethyl adjacent to an activating group) is 1. The third-order valence-corrected chi connectivity index (χ3v) is 12.9. The van der Waals surface area contributed by atoms with Gasteiger partial charge in [0.1, 0.15) is 12.0 Å². The van der Waals surface area contributed by atoms with E-state index in [4.69, 9.17) is 15.7 Å². The maximum Gasteiger partial charge on any atom is 0.320 e. The molecule has 18 heteroatoms. The molecule has 9 rings (SSSR count). The van der Waals surface area contributed by atoms with Crippen LogP contribution in [0, 0.1) is 5.92 Å². The van der Waals surface area contributed by atoms with Crippen molar-refractivity contribution in [3.63, 3.8) is 0 Å². The molecular formula is C41H50N12O6. The van der Waals surface area contributed by atoms with Crippen LogP contribution in [0.4, 0.5) is 27.8 Å². The van der Waals surface area contributed by atoms with Crippen LogP contribution in [0.2, 0.25) is 0 Å². The Morgan fingerprint density at radius 3 is 2.41 bits per heavy atom. The van der Waals surface area contributed by atoms with Crippen LogP contribution in [0.1, 0.15) is 81.3 Å². The molecule has 0 bridgehead atoms. The molecule has 3 atom stereocenters. The van der Waals surface area contributed by atoms with E-state index < -0.39 is 30.0 Å². The molecule has 59 heavy (non-hydrogen) atoms. The van der Waals surface area contributed by atoms with Crippen LogP contribution in [-0.4, -0.2) is 154 Å². The number of nitrogens with one attached hydrogen (secondary N) is 2. The lowest BCUT2D eigenvalue weighted by Gasteiger charge is -2.44. The number of anilines is 4. The van der Waals surface area contributed by atoms with Gasteiger partial charge in [-0.1, -0.05) is 0 Å². The van der Waals surface area contributed by atoms with Gasteiger partial charge in [0.25, 0.3) is 17.7 Å². The molecule has 0 radical (unpaired) electrons. The van der Waals surface area contributed by atoms with Gasteiger partial charge < -0.3 is 46.0 Å². The number of carbonyl (C=O) groups is 5. The maximum absolute atomic E-state index is 13.3. The normalized spacial score (nSPS) is 24.4. The third-order valence-electron chi connectivity index (χ3n) is 12.9. The average molecular weight is 807 g/mol. The Kier molecular flexibility index (Phi) is 10.3. The summed E-state index contributed by atoms with van der Waals surface area (Å²) in [7, 11) is 1.83. The minimum atomic E-state index is -1.28. The largest absolute Gasteiger partial charge is 0.372 e. The number of hydrogen-bond donors (Lipinski definition) is 4. The van der Waals surface area contributed by atoms with Crippen LogP contribution in [0.3, 0.4) is 0 Å². The highest BCUT2D eigenvalue weighted by Gasteiger charge is 2.45. The summed E-state index contributed by atoms with van der Waals surface area (Å²) >= 11 is 0. The van der Waals surface area contributed by atoms with Crippen molar-refractivity contribution in [3.8, 4) is 0 Å². The molecule has 2 unspecified atom stereocenters. The molecule has 2 aromatic heterocycles. The van der Waals surface area contributed by atoms with Gasteiger partial charge in [-0.3, -0.25) is 29.1 Å². The predicted octanol–water partition coefficient (Wildman–Crippen LogP) is 1.56. The fourth-order valence-corrected chi connectivity index (χ4v) is 9.54. The lowest BCUT2D eigenvalue weighted by Crippen LogP contribution is -2.57. The van der Waals surface area contributed by atoms with E-state index >= 15 is 0 Å². The highest BCUT2D eigenvalue weighted by atomic mass is 16.3. The molecule has 0 aliphatic carbocycles. The number of amides is 6. The van der Waals surface area contributed by atoms with Gasteiger partial charge in [-0.15, -0.1) is 0 Å². The number of nitrogens with zero attached hydrogens (tertiary/aromatic N) is 9. The summed E-state index contributed by atoms with van der Waals surface area (Å²) in [6.45, 7) is 7.46. The van der Waals surface area contributed by atoms with E-state index in [1.54, 1.807) is 29.4 Å². The monoisotopic (exact) mass is 806 g/mol. The summed E-state index contributed by atoms with van der Waals surface area (Å²) in [5.41, 5.74) is 9.00. The van der Waals surface area contributed by atoms with Crippen molar-refractivity contribution in [2.45, 2.75) is 62.8 Å². The molecule has 8 heterocycles. The number of carbonyl (C=O) groups excluding carboxylic acids is 5. The zero-order chi connectivity index (χ0) is 40.9. The number of fused-ring (bicyclic) bond motifs is 1. The van der Waals surface area contributed by atoms with Gasteiger partial charge in [0.2, 0.25) is 5.91 Å². The number of piperidine rings is 3. The number of pyridine rings is 1. The number of urea groups is 1. The van der Waals surface area contributed by atoms with Gasteiger partial charge in [-0.25, -0.2) is 14.8 Å². The number of benzene rings is 1. The molecule has 3 aromatic rings. The summed E-state index contributed by atoms with van der Waals surface area (Å²) in [5.74, 6) is -0.149. The zero-order valence-corrected chi connectivity index (χ0v) is 33.1. The molecule has 5 saturated heterocycles. The number of nitrogens with two attached hydrogens (primary N) is 1. The first-order chi connectivity index (χ1) is 28.5. The number of rotatable bonds is 10. The van der Waals surface area contributed by atoms with Crippen LogP contribution in [0.25, 0.3) is 0 Å². The Balaban J connectivity index is 0.759. The smallest absolute Gasteiger partial charge is 0.320 e. The van der Waals surface area contributed by atoms with Crippen molar-refractivity contribution in [1.82, 2.24) is 39.9 Å². The van der Waals surface area contributed by atoms with Crippen molar-refractivity contribution < 1.29 is 29.1 Å². The van der Waals surface area contributed by atoms with E-state index in [2.05, 4.69) is 30.3 Å². The molecule has 5 N–H and O–H groups in total. The minimum absolute atomic E-state index is 0.0460. The molecule has 310 valence electrons. The minimum Gasteiger partial charge on any atom is -0.372 e. The number of likely N-dealkylation sites (tertiary alicyclic amines) is 1. The highest BCUT2D eigenvalue weighted by molar-refractivity contribution is 6.22. The van der Waals surface area contributed by atoms with Crippen LogP contribution < -0.4 is 26.2 Å². The summed E-state index contributed by atoms with van der Waals surface area (Å²) in [6, 6.07) is 8.68. The molecule has 1 aromatic carbocycles. The average Bonchev–Trinajstić information content (AvgIpc) is 3.69. The number of imide groups is 1. The quantitative estimate of drug-likeness (QED) is 0.215. The zero-order valence-electron chi connectivity index (χ0n) is 33.1. The Labute approximate surface area is 341 Å². The van der Waals surface area contributed by atoms with Gasteiger partial charge >= 0.3 is 6.03 Å². The van der Waals surface area contributed by atoms with Crippen LogP contribution in [0.5, 0.6) is 0 Å². The third kappa shape index (κ3) is 7.50. The molecule has 6 aliphatic heterocycles. The molecular weight excluding hydrogens is 757 g/mol. The lowest BCUT2D eigenvalue weighted by molar-refractivity contribution is -0.129. The van der Waals surface area contributed by atoms with Crippen LogP contribution in [-0.2, 0) is 4.79 Å². The number of hydrogen-bond acceptors (Lipinski definition) is 13. The fraction of sp³-hybridized carbons (Fsp3) is 0.512. The van der Waals surface area contributed by atoms with Gasteiger partial charge in [0.15, 0.2) is 11.5 Å². The maximum atomic E-state index is 13.3. The van der Waals surface area contributed by atoms with Crippen molar-refractivity contribution >= 4 is 52.7 Å². The first kappa shape index (κ1) is 38.6. The first-order valence-corrected chi connectivity index (χ1v) is 20.6. The highest BCUT2D eigenvalue weighted by Crippen LogP contribution is 2.35. The Hall–Kier alpha value is -5.88. The molecule has 6 amide bonds. The molecule has 0 spiro atoms. The Bertz CT molecular complexity index is 2160. The van der Waals surface area contributed by atoms with E-state index in [1.807, 2.05) is 30.1 Å². The van der Waals surface area contributed by atoms with Gasteiger partial charge in [-0.2, -0.15) is 0 Å². The van der Waals surface area contributed by atoms with Crippen LogP contribution >= 0.6 is 0 Å². The predicted molar refractivity (Wildman–Crippen MR) is 216 cm³/mol. The van der Waals surface area contributed by atoms with Gasteiger partial charge in [-0.05, 0) is 75.5 Å². The lowest BCUT2D eigenvalue weighted by atomic mass is 9.91. The fourth-order valence-electron chi connectivity index (χ4n) is 9.54. The Morgan fingerprint density at radius 1 is 0.898 bits per heavy atom. The standard InChI is InChI=1S/C41H50N12O6/c1-48-15-16-52(41(48)59)28-3-2-12-50(23-28)33-19-44-35(36(42)55)37(46-33)45-26-4-7-31(43-18-26)25-10-13-49(14-11-25)20-24-21-51(22-24)27-5-6-29-30(17-27)40(58)53(39(29)57)32-8-9-34(54)47-38(32)56/h4-7,17-19,24-25,28,32,38,56H,2-3,8-16,20-23H2,1H3,(H2,42,55)(H,45,46)(H,47,54)/t28?,32-,38?/m1/s1. The van der Waals surface area contributed by atoms with Crippen molar-refractivity contribution in [3.05, 3.63) is 65.2 Å². The molecule has 6 aliphatic rings. The summed E-state index contributed by atoms with van der Waals surface area (Å²) < 4.78 is 0. The number of aliphatic hydroxyl groups excluding tert-OH is 1. The first-order valence-electron chi connectivity index (χ1n) is 20.6. The van der Waals surface area contributed by atoms with Crippen molar-refractivity contribution in [1.29, 1.82) is 0 Å². The molecule has 18 nitrogen and oxygen atoms in total. The summed E-state index contributed by atoms with van der Waals surface area (Å²) in [6.07, 6.45) is 6.25. The summed E-state index contributed by atoms with van der Waals surface area (Å²) in [5, 5.41) is 16.0. The second-order valence-electron chi connectivity index (χ2n) is 16.7. The molecule has 0 saturated carbocycles. The molecule has 5 fully saturated rings. The SMILES string of the molecule is CN1CCN(C2CCCN(c3cnc(C(N)=O)c(Nc4ccc(C5CCN(CC6CN(c7ccc8c(c7)C(=O)N([C@@H]7CCC(=O)NC7O)C8=O)C6)CC5)nc4)n3)C2)C1=O. The van der Waals surface area contributed by atoms with Crippen LogP contribution in [0.15, 0.2) is 42.7 Å².